The minimum absolute atomic E-state index is 0.0326. The van der Waals surface area contributed by atoms with E-state index in [1.165, 1.54) is 77.0 Å². The summed E-state index contributed by atoms with van der Waals surface area (Å²) in [5.74, 6) is 0.955. The zero-order chi connectivity index (χ0) is 16.6. The maximum Gasteiger partial charge on any atom is 0.117 e. The van der Waals surface area contributed by atoms with Crippen LogP contribution in [0.15, 0.2) is 17.1 Å². The summed E-state index contributed by atoms with van der Waals surface area (Å²) >= 11 is 0. The summed E-state index contributed by atoms with van der Waals surface area (Å²) in [5.41, 5.74) is 6.05. The van der Waals surface area contributed by atoms with Gasteiger partial charge in [0.1, 0.15) is 5.84 Å². The molecule has 1 aliphatic rings. The third-order valence-electron chi connectivity index (χ3n) is 4.58. The van der Waals surface area contributed by atoms with E-state index >= 15 is 0 Å². The molecule has 1 aliphatic heterocycles. The number of allylic oxidation sites excluding steroid dienone is 1. The van der Waals surface area contributed by atoms with Crippen LogP contribution in [-0.4, -0.2) is 25.0 Å². The SMILES string of the molecule is CCCCCCCCCCCCCCC=CC(N)C1=NCCN1. The van der Waals surface area contributed by atoms with Crippen molar-refractivity contribution in [2.45, 2.75) is 96.4 Å². The van der Waals surface area contributed by atoms with E-state index < -0.39 is 0 Å². The lowest BCUT2D eigenvalue weighted by molar-refractivity contribution is 0.545. The minimum Gasteiger partial charge on any atom is -0.370 e. The van der Waals surface area contributed by atoms with Gasteiger partial charge in [-0.1, -0.05) is 89.7 Å². The lowest BCUT2D eigenvalue weighted by Crippen LogP contribution is -2.36. The maximum atomic E-state index is 6.05. The van der Waals surface area contributed by atoms with Crippen LogP contribution in [0.25, 0.3) is 0 Å². The first kappa shape index (κ1) is 20.2. The van der Waals surface area contributed by atoms with Gasteiger partial charge in [-0.3, -0.25) is 4.99 Å². The molecule has 1 atom stereocenters. The number of aliphatic imine (C=N–C) groups is 1. The van der Waals surface area contributed by atoms with Crippen LogP contribution >= 0.6 is 0 Å². The molecule has 1 rings (SSSR count). The monoisotopic (exact) mass is 321 g/mol. The van der Waals surface area contributed by atoms with E-state index in [1.807, 2.05) is 0 Å². The Hall–Kier alpha value is -0.830. The summed E-state index contributed by atoms with van der Waals surface area (Å²) in [6.45, 7) is 4.09. The smallest absolute Gasteiger partial charge is 0.117 e. The second-order valence-corrected chi connectivity index (χ2v) is 6.83. The number of nitrogens with one attached hydrogen (secondary N) is 1. The van der Waals surface area contributed by atoms with Gasteiger partial charge in [0.25, 0.3) is 0 Å². The fraction of sp³-hybridized carbons (Fsp3) is 0.850. The fourth-order valence-electron chi connectivity index (χ4n) is 3.08. The molecule has 0 aliphatic carbocycles. The van der Waals surface area contributed by atoms with Gasteiger partial charge < -0.3 is 11.1 Å². The van der Waals surface area contributed by atoms with Crippen LogP contribution in [-0.2, 0) is 0 Å². The van der Waals surface area contributed by atoms with Crippen LogP contribution in [0.4, 0.5) is 0 Å². The van der Waals surface area contributed by atoms with E-state index in [0.29, 0.717) is 0 Å². The number of amidine groups is 1. The third-order valence-corrected chi connectivity index (χ3v) is 4.58. The Labute approximate surface area is 144 Å². The second kappa shape index (κ2) is 14.7. The van der Waals surface area contributed by atoms with E-state index in [-0.39, 0.29) is 6.04 Å². The van der Waals surface area contributed by atoms with E-state index in [2.05, 4.69) is 29.4 Å². The summed E-state index contributed by atoms with van der Waals surface area (Å²) in [6, 6.07) is -0.0326. The molecule has 1 unspecified atom stereocenters. The maximum absolute atomic E-state index is 6.05. The molecule has 0 aromatic rings. The molecule has 3 N–H and O–H groups in total. The molecule has 0 saturated heterocycles. The average molecular weight is 322 g/mol. The van der Waals surface area contributed by atoms with Gasteiger partial charge in [-0.2, -0.15) is 0 Å². The quantitative estimate of drug-likeness (QED) is 0.331. The zero-order valence-electron chi connectivity index (χ0n) is 15.4. The Morgan fingerprint density at radius 2 is 1.52 bits per heavy atom. The van der Waals surface area contributed by atoms with Gasteiger partial charge >= 0.3 is 0 Å². The highest BCUT2D eigenvalue weighted by Gasteiger charge is 2.10. The van der Waals surface area contributed by atoms with Crippen molar-refractivity contribution >= 4 is 5.84 Å². The van der Waals surface area contributed by atoms with Crippen LogP contribution in [0.1, 0.15) is 90.4 Å². The summed E-state index contributed by atoms with van der Waals surface area (Å²) in [7, 11) is 0. The molecule has 23 heavy (non-hydrogen) atoms. The standard InChI is InChI=1S/C20H39N3/c1-2-3-4-5-6-7-8-9-10-11-12-13-14-15-16-19(21)20-22-17-18-23-20/h15-16,19H,2-14,17-18,21H2,1H3,(H,22,23). The Morgan fingerprint density at radius 3 is 2.04 bits per heavy atom. The predicted octanol–water partition coefficient (Wildman–Crippen LogP) is 4.96. The largest absolute Gasteiger partial charge is 0.370 e. The zero-order valence-corrected chi connectivity index (χ0v) is 15.4. The number of nitrogens with two attached hydrogens (primary N) is 1. The Kier molecular flexibility index (Phi) is 13.0. The molecule has 0 amide bonds. The third kappa shape index (κ3) is 11.4. The summed E-state index contributed by atoms with van der Waals surface area (Å²) in [4.78, 5) is 4.35. The van der Waals surface area contributed by atoms with Crippen molar-refractivity contribution in [3.8, 4) is 0 Å². The summed E-state index contributed by atoms with van der Waals surface area (Å²) in [6.07, 6.45) is 22.4. The number of hydrogen-bond acceptors (Lipinski definition) is 3. The molecule has 3 nitrogen and oxygen atoms in total. The minimum atomic E-state index is -0.0326. The van der Waals surface area contributed by atoms with Gasteiger partial charge in [0.05, 0.1) is 12.6 Å². The van der Waals surface area contributed by atoms with E-state index in [1.54, 1.807) is 0 Å². The molecule has 0 aromatic heterocycles. The Bertz CT molecular complexity index is 323. The molecule has 0 bridgehead atoms. The molecule has 134 valence electrons. The van der Waals surface area contributed by atoms with Crippen LogP contribution in [0.3, 0.4) is 0 Å². The number of rotatable bonds is 15. The first-order valence-corrected chi connectivity index (χ1v) is 10.0. The van der Waals surface area contributed by atoms with Crippen LogP contribution in [0, 0.1) is 0 Å². The molecule has 0 saturated carbocycles. The van der Waals surface area contributed by atoms with Gasteiger partial charge in [-0.05, 0) is 12.8 Å². The van der Waals surface area contributed by atoms with E-state index in [4.69, 9.17) is 5.73 Å². The Balaban J connectivity index is 1.79. The molecule has 3 heteroatoms. The summed E-state index contributed by atoms with van der Waals surface area (Å²) < 4.78 is 0. The molecule has 0 fully saturated rings. The molecule has 0 radical (unpaired) electrons. The molecule has 0 aromatic carbocycles. The van der Waals surface area contributed by atoms with Crippen LogP contribution < -0.4 is 11.1 Å². The van der Waals surface area contributed by atoms with Gasteiger partial charge in [0, 0.05) is 6.54 Å². The predicted molar refractivity (Wildman–Crippen MR) is 103 cm³/mol. The van der Waals surface area contributed by atoms with Crippen molar-refractivity contribution < 1.29 is 0 Å². The summed E-state index contributed by atoms with van der Waals surface area (Å²) in [5, 5.41) is 3.23. The van der Waals surface area contributed by atoms with Crippen molar-refractivity contribution in [1.29, 1.82) is 0 Å². The molecule has 0 spiro atoms. The van der Waals surface area contributed by atoms with Crippen molar-refractivity contribution in [2.24, 2.45) is 10.7 Å². The lowest BCUT2D eigenvalue weighted by Gasteiger charge is -2.06. The van der Waals surface area contributed by atoms with Crippen LogP contribution in [0.2, 0.25) is 0 Å². The lowest BCUT2D eigenvalue weighted by atomic mass is 10.0. The highest BCUT2D eigenvalue weighted by atomic mass is 15.1. The van der Waals surface area contributed by atoms with Crippen molar-refractivity contribution in [1.82, 2.24) is 5.32 Å². The van der Waals surface area contributed by atoms with Gasteiger partial charge in [0.15, 0.2) is 0 Å². The normalized spacial score (nSPS) is 15.8. The highest BCUT2D eigenvalue weighted by molar-refractivity contribution is 5.90. The number of nitrogens with zero attached hydrogens (tertiary/aromatic N) is 1. The van der Waals surface area contributed by atoms with Crippen LogP contribution in [0.5, 0.6) is 0 Å². The van der Waals surface area contributed by atoms with Crippen molar-refractivity contribution in [3.05, 3.63) is 12.2 Å². The van der Waals surface area contributed by atoms with E-state index in [9.17, 15) is 0 Å². The topological polar surface area (TPSA) is 50.4 Å². The average Bonchev–Trinajstić information content (AvgIpc) is 3.09. The number of unbranched alkanes of at least 4 members (excludes halogenated alkanes) is 12. The van der Waals surface area contributed by atoms with Crippen molar-refractivity contribution in [3.63, 3.8) is 0 Å². The molecular formula is C20H39N3. The van der Waals surface area contributed by atoms with Crippen molar-refractivity contribution in [2.75, 3.05) is 13.1 Å². The van der Waals surface area contributed by atoms with E-state index in [0.717, 1.165) is 25.3 Å². The van der Waals surface area contributed by atoms with Gasteiger partial charge in [-0.15, -0.1) is 0 Å². The number of hydrogen-bond donors (Lipinski definition) is 2. The first-order chi connectivity index (χ1) is 11.3. The first-order valence-electron chi connectivity index (χ1n) is 10.0. The molecule has 1 heterocycles. The van der Waals surface area contributed by atoms with Gasteiger partial charge in [-0.25, -0.2) is 0 Å². The second-order valence-electron chi connectivity index (χ2n) is 6.83. The molecular weight excluding hydrogens is 282 g/mol. The highest BCUT2D eigenvalue weighted by Crippen LogP contribution is 2.12. The Morgan fingerprint density at radius 1 is 0.957 bits per heavy atom. The fourth-order valence-corrected chi connectivity index (χ4v) is 3.08. The van der Waals surface area contributed by atoms with Gasteiger partial charge in [0.2, 0.25) is 0 Å².